The number of H-pyrrole nitrogens is 1. The first-order valence-corrected chi connectivity index (χ1v) is 4.77. The molecule has 0 saturated carbocycles. The van der Waals surface area contributed by atoms with Crippen molar-refractivity contribution >= 4 is 11.9 Å². The van der Waals surface area contributed by atoms with Gasteiger partial charge >= 0.3 is 5.97 Å². The molecule has 1 heterocycles. The van der Waals surface area contributed by atoms with Crippen LogP contribution in [-0.4, -0.2) is 39.0 Å². The van der Waals surface area contributed by atoms with E-state index >= 15 is 0 Å². The van der Waals surface area contributed by atoms with E-state index in [9.17, 15) is 9.59 Å². The zero-order chi connectivity index (χ0) is 12.1. The lowest BCUT2D eigenvalue weighted by molar-refractivity contribution is -0.141. The topological polar surface area (TPSA) is 121 Å². The van der Waals surface area contributed by atoms with Crippen LogP contribution >= 0.6 is 0 Å². The first kappa shape index (κ1) is 12.2. The van der Waals surface area contributed by atoms with Gasteiger partial charge in [0, 0.05) is 12.6 Å². The third-order valence-electron chi connectivity index (χ3n) is 2.00. The Balaban J connectivity index is 2.62. The molecule has 0 fully saturated rings. The maximum Gasteiger partial charge on any atom is 0.326 e. The summed E-state index contributed by atoms with van der Waals surface area (Å²) in [5.41, 5.74) is 5.90. The average Bonchev–Trinajstić information content (AvgIpc) is 2.68. The summed E-state index contributed by atoms with van der Waals surface area (Å²) >= 11 is 0. The van der Waals surface area contributed by atoms with Crippen molar-refractivity contribution in [3.63, 3.8) is 0 Å². The van der Waals surface area contributed by atoms with E-state index in [1.165, 1.54) is 13.3 Å². The molecule has 0 aromatic carbocycles. The lowest BCUT2D eigenvalue weighted by Gasteiger charge is -2.14. The van der Waals surface area contributed by atoms with Crippen molar-refractivity contribution in [1.29, 1.82) is 0 Å². The standard InChI is InChI=1S/C9H14N4O3/c1-5(10)8(14)13-7(9(15)16)2-6-3-11-4-12-6/h3-5,7H,2,10H2,1H3,(H,11,12)(H,13,14)(H,15,16)/t5-,7-/m1/s1. The highest BCUT2D eigenvalue weighted by Crippen LogP contribution is 1.99. The van der Waals surface area contributed by atoms with Crippen LogP contribution in [0.2, 0.25) is 0 Å². The van der Waals surface area contributed by atoms with Gasteiger partial charge in [0.15, 0.2) is 0 Å². The molecule has 1 amide bonds. The number of hydrogen-bond acceptors (Lipinski definition) is 4. The number of carboxylic acid groups (broad SMARTS) is 1. The number of aromatic nitrogens is 2. The van der Waals surface area contributed by atoms with Crippen LogP contribution in [0.5, 0.6) is 0 Å². The molecule has 0 aliphatic heterocycles. The number of aromatic amines is 1. The molecule has 0 spiro atoms. The summed E-state index contributed by atoms with van der Waals surface area (Å²) in [6.45, 7) is 1.49. The molecule has 0 saturated heterocycles. The molecule has 1 aromatic heterocycles. The Labute approximate surface area is 92.1 Å². The number of imidazole rings is 1. The fourth-order valence-electron chi connectivity index (χ4n) is 1.11. The predicted molar refractivity (Wildman–Crippen MR) is 55.5 cm³/mol. The van der Waals surface area contributed by atoms with E-state index in [-0.39, 0.29) is 6.42 Å². The van der Waals surface area contributed by atoms with E-state index < -0.39 is 24.0 Å². The number of carbonyl (C=O) groups excluding carboxylic acids is 1. The van der Waals surface area contributed by atoms with E-state index in [2.05, 4.69) is 15.3 Å². The third-order valence-corrected chi connectivity index (χ3v) is 2.00. The van der Waals surface area contributed by atoms with Crippen LogP contribution in [0.3, 0.4) is 0 Å². The normalized spacial score (nSPS) is 14.1. The zero-order valence-electron chi connectivity index (χ0n) is 8.80. The smallest absolute Gasteiger partial charge is 0.326 e. The number of rotatable bonds is 5. The van der Waals surface area contributed by atoms with Crippen molar-refractivity contribution in [1.82, 2.24) is 15.3 Å². The zero-order valence-corrected chi connectivity index (χ0v) is 8.80. The molecular formula is C9H14N4O3. The van der Waals surface area contributed by atoms with Gasteiger partial charge in [0.25, 0.3) is 0 Å². The van der Waals surface area contributed by atoms with Gasteiger partial charge in [0.2, 0.25) is 5.91 Å². The van der Waals surface area contributed by atoms with Crippen LogP contribution in [0.15, 0.2) is 12.5 Å². The molecule has 0 aliphatic rings. The summed E-state index contributed by atoms with van der Waals surface area (Å²) in [5.74, 6) is -1.61. The van der Waals surface area contributed by atoms with Crippen LogP contribution in [0.1, 0.15) is 12.6 Å². The second-order valence-electron chi connectivity index (χ2n) is 3.45. The molecule has 2 atom stereocenters. The molecule has 0 bridgehead atoms. The Hall–Kier alpha value is -1.89. The van der Waals surface area contributed by atoms with Crippen molar-refractivity contribution in [3.8, 4) is 0 Å². The van der Waals surface area contributed by atoms with E-state index in [4.69, 9.17) is 10.8 Å². The number of hydrogen-bond donors (Lipinski definition) is 4. The van der Waals surface area contributed by atoms with Crippen LogP contribution in [-0.2, 0) is 16.0 Å². The molecule has 0 radical (unpaired) electrons. The second-order valence-corrected chi connectivity index (χ2v) is 3.45. The molecule has 7 heteroatoms. The number of carbonyl (C=O) groups is 2. The molecule has 1 aromatic rings. The van der Waals surface area contributed by atoms with Gasteiger partial charge in [0.1, 0.15) is 6.04 Å². The average molecular weight is 226 g/mol. The summed E-state index contributed by atoms with van der Waals surface area (Å²) in [4.78, 5) is 28.7. The van der Waals surface area contributed by atoms with Crippen molar-refractivity contribution in [2.75, 3.05) is 0 Å². The number of amides is 1. The molecule has 7 nitrogen and oxygen atoms in total. The maximum atomic E-state index is 11.3. The minimum Gasteiger partial charge on any atom is -0.480 e. The quantitative estimate of drug-likeness (QED) is 0.506. The predicted octanol–water partition coefficient (Wildman–Crippen LogP) is -1.13. The summed E-state index contributed by atoms with van der Waals surface area (Å²) in [6.07, 6.45) is 3.15. The lowest BCUT2D eigenvalue weighted by Crippen LogP contribution is -2.48. The van der Waals surface area contributed by atoms with Gasteiger partial charge in [-0.2, -0.15) is 0 Å². The largest absolute Gasteiger partial charge is 0.480 e. The van der Waals surface area contributed by atoms with Gasteiger partial charge in [0.05, 0.1) is 18.1 Å². The highest BCUT2D eigenvalue weighted by Gasteiger charge is 2.22. The summed E-state index contributed by atoms with van der Waals surface area (Å²) in [5, 5.41) is 11.2. The Morgan fingerprint density at radius 3 is 2.81 bits per heavy atom. The van der Waals surface area contributed by atoms with E-state index in [1.54, 1.807) is 6.20 Å². The Bertz CT molecular complexity index is 361. The molecule has 88 valence electrons. The summed E-state index contributed by atoms with van der Waals surface area (Å²) in [7, 11) is 0. The lowest BCUT2D eigenvalue weighted by atomic mass is 10.1. The highest BCUT2D eigenvalue weighted by atomic mass is 16.4. The maximum absolute atomic E-state index is 11.3. The van der Waals surface area contributed by atoms with Gasteiger partial charge in [-0.15, -0.1) is 0 Å². The van der Waals surface area contributed by atoms with Gasteiger partial charge in [-0.3, -0.25) is 4.79 Å². The Morgan fingerprint density at radius 1 is 1.69 bits per heavy atom. The first-order valence-electron chi connectivity index (χ1n) is 4.77. The SMILES string of the molecule is C[C@@H](N)C(=O)N[C@H](Cc1c[nH]cn1)C(=O)O. The van der Waals surface area contributed by atoms with Crippen molar-refractivity contribution < 1.29 is 14.7 Å². The van der Waals surface area contributed by atoms with Gasteiger partial charge < -0.3 is 21.1 Å². The van der Waals surface area contributed by atoms with Crippen LogP contribution in [0.25, 0.3) is 0 Å². The van der Waals surface area contributed by atoms with Crippen molar-refractivity contribution in [3.05, 3.63) is 18.2 Å². The fraction of sp³-hybridized carbons (Fsp3) is 0.444. The summed E-state index contributed by atoms with van der Waals surface area (Å²) < 4.78 is 0. The second kappa shape index (κ2) is 5.26. The van der Waals surface area contributed by atoms with Crippen LogP contribution < -0.4 is 11.1 Å². The molecule has 5 N–H and O–H groups in total. The van der Waals surface area contributed by atoms with Gasteiger partial charge in [-0.05, 0) is 6.92 Å². The van der Waals surface area contributed by atoms with E-state index in [0.717, 1.165) is 0 Å². The molecule has 16 heavy (non-hydrogen) atoms. The molecular weight excluding hydrogens is 212 g/mol. The summed E-state index contributed by atoms with van der Waals surface area (Å²) in [6, 6.07) is -1.75. The third kappa shape index (κ3) is 3.35. The number of nitrogens with one attached hydrogen (secondary N) is 2. The number of nitrogens with zero attached hydrogens (tertiary/aromatic N) is 1. The molecule has 1 rings (SSSR count). The minimum absolute atomic E-state index is 0.122. The number of carboxylic acids is 1. The number of aliphatic carboxylic acids is 1. The number of nitrogens with two attached hydrogens (primary N) is 1. The molecule has 0 aliphatic carbocycles. The monoisotopic (exact) mass is 226 g/mol. The van der Waals surface area contributed by atoms with Crippen molar-refractivity contribution in [2.24, 2.45) is 5.73 Å². The van der Waals surface area contributed by atoms with Crippen LogP contribution in [0.4, 0.5) is 0 Å². The van der Waals surface area contributed by atoms with E-state index in [1.807, 2.05) is 0 Å². The highest BCUT2D eigenvalue weighted by molar-refractivity contribution is 5.86. The van der Waals surface area contributed by atoms with E-state index in [0.29, 0.717) is 5.69 Å². The fourth-order valence-corrected chi connectivity index (χ4v) is 1.11. The Morgan fingerprint density at radius 2 is 2.38 bits per heavy atom. The van der Waals surface area contributed by atoms with Crippen LogP contribution in [0, 0.1) is 0 Å². The minimum atomic E-state index is -1.11. The first-order chi connectivity index (χ1) is 7.50. The van der Waals surface area contributed by atoms with Gasteiger partial charge in [-0.1, -0.05) is 0 Å². The van der Waals surface area contributed by atoms with Gasteiger partial charge in [-0.25, -0.2) is 9.78 Å². The Kier molecular flexibility index (Phi) is 4.01. The molecule has 0 unspecified atom stereocenters. The van der Waals surface area contributed by atoms with Crippen molar-refractivity contribution in [2.45, 2.75) is 25.4 Å².